The number of anilines is 1. The van der Waals surface area contributed by atoms with Gasteiger partial charge in [0.15, 0.2) is 0 Å². The number of hydrogen-bond donors (Lipinski definition) is 2. The number of H-pyrrole nitrogens is 1. The Labute approximate surface area is 136 Å². The summed E-state index contributed by atoms with van der Waals surface area (Å²) >= 11 is 1.09. The molecule has 0 unspecified atom stereocenters. The minimum Gasteiger partial charge on any atom is -0.465 e. The molecule has 0 saturated heterocycles. The number of rotatable bonds is 4. The minimum absolute atomic E-state index is 0.0228. The lowest BCUT2D eigenvalue weighted by molar-refractivity contribution is -0.122. The van der Waals surface area contributed by atoms with Gasteiger partial charge >= 0.3 is 5.97 Å². The number of aromatic amines is 1. The molecular formula is C15H17N3O4S. The second-order valence-corrected chi connectivity index (χ2v) is 6.47. The molecule has 122 valence electrons. The molecule has 0 aliphatic heterocycles. The van der Waals surface area contributed by atoms with Crippen molar-refractivity contribution in [2.45, 2.75) is 20.8 Å². The smallest absolute Gasteiger partial charge is 0.340 e. The fourth-order valence-electron chi connectivity index (χ4n) is 1.70. The number of fused-ring (bicyclic) bond motifs is 1. The van der Waals surface area contributed by atoms with Crippen molar-refractivity contribution in [3.8, 4) is 0 Å². The molecule has 0 aliphatic rings. The highest BCUT2D eigenvalue weighted by Gasteiger charge is 2.29. The zero-order valence-electron chi connectivity index (χ0n) is 13.3. The quantitative estimate of drug-likeness (QED) is 0.659. The van der Waals surface area contributed by atoms with Gasteiger partial charge < -0.3 is 4.74 Å². The van der Waals surface area contributed by atoms with Crippen molar-refractivity contribution in [2.75, 3.05) is 12.4 Å². The number of nitrogens with one attached hydrogen (secondary N) is 2. The topological polar surface area (TPSA) is 101 Å². The second kappa shape index (κ2) is 5.96. The monoisotopic (exact) mass is 335 g/mol. The lowest BCUT2D eigenvalue weighted by Gasteiger charge is -2.23. The van der Waals surface area contributed by atoms with E-state index in [1.54, 1.807) is 20.8 Å². The SMILES string of the molecule is C=C(C)C(C)(C)C(=O)Nc1nc2c(C(=O)OC)csc2c(=O)[nH]1. The molecule has 23 heavy (non-hydrogen) atoms. The largest absolute Gasteiger partial charge is 0.465 e. The molecule has 1 amide bonds. The van der Waals surface area contributed by atoms with E-state index in [9.17, 15) is 14.4 Å². The normalized spacial score (nSPS) is 11.3. The Morgan fingerprint density at radius 2 is 2.09 bits per heavy atom. The first kappa shape index (κ1) is 16.9. The van der Waals surface area contributed by atoms with Gasteiger partial charge in [-0.1, -0.05) is 12.2 Å². The van der Waals surface area contributed by atoms with E-state index in [1.165, 1.54) is 12.5 Å². The van der Waals surface area contributed by atoms with Crippen molar-refractivity contribution >= 4 is 39.4 Å². The number of methoxy groups -OCH3 is 1. The summed E-state index contributed by atoms with van der Waals surface area (Å²) in [6.07, 6.45) is 0. The standard InChI is InChI=1S/C15H17N3O4S/c1-7(2)15(3,4)13(21)18-14-16-9-8(12(20)22-5)6-23-10(9)11(19)17-14/h6H,1H2,2-5H3,(H2,16,17,18,19,21). The molecule has 2 aromatic rings. The van der Waals surface area contributed by atoms with Gasteiger partial charge in [-0.05, 0) is 20.8 Å². The summed E-state index contributed by atoms with van der Waals surface area (Å²) in [7, 11) is 1.25. The number of ether oxygens (including phenoxy) is 1. The first-order valence-corrected chi connectivity index (χ1v) is 7.63. The maximum Gasteiger partial charge on any atom is 0.340 e. The summed E-state index contributed by atoms with van der Waals surface area (Å²) in [5.74, 6) is -0.971. The second-order valence-electron chi connectivity index (χ2n) is 5.59. The first-order valence-electron chi connectivity index (χ1n) is 6.75. The molecule has 0 aliphatic carbocycles. The average molecular weight is 335 g/mol. The van der Waals surface area contributed by atoms with Gasteiger partial charge in [0.2, 0.25) is 11.9 Å². The number of carbonyl (C=O) groups excluding carboxylic acids is 2. The number of carbonyl (C=O) groups is 2. The molecule has 0 aromatic carbocycles. The van der Waals surface area contributed by atoms with E-state index in [1.807, 2.05) is 0 Å². The van der Waals surface area contributed by atoms with Gasteiger partial charge in [-0.2, -0.15) is 0 Å². The molecule has 0 radical (unpaired) electrons. The highest BCUT2D eigenvalue weighted by atomic mass is 32.1. The number of nitrogens with zero attached hydrogens (tertiary/aromatic N) is 1. The van der Waals surface area contributed by atoms with E-state index in [2.05, 4.69) is 26.6 Å². The van der Waals surface area contributed by atoms with Crippen molar-refractivity contribution < 1.29 is 14.3 Å². The van der Waals surface area contributed by atoms with Crippen molar-refractivity contribution in [3.05, 3.63) is 33.4 Å². The fourth-order valence-corrected chi connectivity index (χ4v) is 2.57. The number of thiophene rings is 1. The van der Waals surface area contributed by atoms with Crippen molar-refractivity contribution in [2.24, 2.45) is 5.41 Å². The summed E-state index contributed by atoms with van der Waals surface area (Å²) < 4.78 is 4.96. The number of hydrogen-bond acceptors (Lipinski definition) is 6. The Morgan fingerprint density at radius 3 is 2.65 bits per heavy atom. The predicted molar refractivity (Wildman–Crippen MR) is 88.8 cm³/mol. The van der Waals surface area contributed by atoms with E-state index >= 15 is 0 Å². The molecule has 2 rings (SSSR count). The number of esters is 1. The average Bonchev–Trinajstić information content (AvgIpc) is 2.90. The van der Waals surface area contributed by atoms with Crippen LogP contribution in [0.4, 0.5) is 5.95 Å². The minimum atomic E-state index is -0.826. The van der Waals surface area contributed by atoms with Crippen LogP contribution in [0.5, 0.6) is 0 Å². The highest BCUT2D eigenvalue weighted by Crippen LogP contribution is 2.26. The zero-order chi connectivity index (χ0) is 17.4. The Hall–Kier alpha value is -2.48. The van der Waals surface area contributed by atoms with Crippen molar-refractivity contribution in [1.82, 2.24) is 9.97 Å². The number of aromatic nitrogens is 2. The van der Waals surface area contributed by atoms with Gasteiger partial charge in [-0.15, -0.1) is 11.3 Å². The molecule has 8 heteroatoms. The van der Waals surface area contributed by atoms with Crippen LogP contribution in [0, 0.1) is 5.41 Å². The van der Waals surface area contributed by atoms with Crippen molar-refractivity contribution in [1.29, 1.82) is 0 Å². The Balaban J connectivity index is 2.47. The maximum absolute atomic E-state index is 12.3. The Morgan fingerprint density at radius 1 is 1.43 bits per heavy atom. The van der Waals surface area contributed by atoms with E-state index in [4.69, 9.17) is 0 Å². The molecule has 2 aromatic heterocycles. The van der Waals surface area contributed by atoms with Gasteiger partial charge in [-0.25, -0.2) is 9.78 Å². The molecule has 0 atom stereocenters. The van der Waals surface area contributed by atoms with E-state index < -0.39 is 16.9 Å². The van der Waals surface area contributed by atoms with Crippen LogP contribution >= 0.6 is 11.3 Å². The van der Waals surface area contributed by atoms with E-state index in [0.717, 1.165) is 11.3 Å². The number of amides is 1. The van der Waals surface area contributed by atoms with Gasteiger partial charge in [0.05, 0.1) is 18.1 Å². The maximum atomic E-state index is 12.3. The summed E-state index contributed by atoms with van der Waals surface area (Å²) in [5.41, 5.74) is -0.196. The van der Waals surface area contributed by atoms with Crippen molar-refractivity contribution in [3.63, 3.8) is 0 Å². The van der Waals surface area contributed by atoms with Gasteiger partial charge in [0.1, 0.15) is 10.2 Å². The van der Waals surface area contributed by atoms with Gasteiger partial charge in [-0.3, -0.25) is 19.9 Å². The molecular weight excluding hydrogens is 318 g/mol. The third-order valence-corrected chi connectivity index (χ3v) is 4.67. The van der Waals surface area contributed by atoms with Crippen LogP contribution in [0.1, 0.15) is 31.1 Å². The van der Waals surface area contributed by atoms with Crippen LogP contribution in [0.15, 0.2) is 22.3 Å². The summed E-state index contributed by atoms with van der Waals surface area (Å²) in [6, 6.07) is 0. The van der Waals surface area contributed by atoms with Gasteiger partial charge in [0.25, 0.3) is 5.56 Å². The highest BCUT2D eigenvalue weighted by molar-refractivity contribution is 7.17. The summed E-state index contributed by atoms with van der Waals surface area (Å²) in [6.45, 7) is 8.96. The summed E-state index contributed by atoms with van der Waals surface area (Å²) in [5, 5.41) is 4.06. The van der Waals surface area contributed by atoms with Crippen LogP contribution in [-0.2, 0) is 9.53 Å². The third kappa shape index (κ3) is 3.02. The van der Waals surface area contributed by atoms with Crippen LogP contribution in [0.25, 0.3) is 10.2 Å². The van der Waals surface area contributed by atoms with Crippen LogP contribution in [-0.4, -0.2) is 29.0 Å². The molecule has 2 heterocycles. The summed E-state index contributed by atoms with van der Waals surface area (Å²) in [4.78, 5) is 42.8. The van der Waals surface area contributed by atoms with Crippen LogP contribution in [0.2, 0.25) is 0 Å². The molecule has 0 fully saturated rings. The van der Waals surface area contributed by atoms with E-state index in [-0.39, 0.29) is 22.9 Å². The lowest BCUT2D eigenvalue weighted by Crippen LogP contribution is -2.32. The predicted octanol–water partition coefficient (Wildman–Crippen LogP) is 2.31. The van der Waals surface area contributed by atoms with Crippen LogP contribution < -0.4 is 10.9 Å². The molecule has 2 N–H and O–H groups in total. The van der Waals surface area contributed by atoms with Gasteiger partial charge in [0, 0.05) is 5.38 Å². The molecule has 0 bridgehead atoms. The van der Waals surface area contributed by atoms with E-state index in [0.29, 0.717) is 10.3 Å². The third-order valence-electron chi connectivity index (χ3n) is 3.70. The first-order chi connectivity index (χ1) is 10.7. The van der Waals surface area contributed by atoms with Crippen LogP contribution in [0.3, 0.4) is 0 Å². The molecule has 0 spiro atoms. The molecule has 0 saturated carbocycles. The lowest BCUT2D eigenvalue weighted by atomic mass is 9.85. The zero-order valence-corrected chi connectivity index (χ0v) is 14.1. The Kier molecular flexibility index (Phi) is 4.37. The molecule has 7 nitrogen and oxygen atoms in total. The Bertz CT molecular complexity index is 863. The fraction of sp³-hybridized carbons (Fsp3) is 0.333.